The average molecular weight is 568 g/mol. The lowest BCUT2D eigenvalue weighted by Gasteiger charge is -2.28. The number of aliphatic hydroxyl groups excluding tert-OH is 1. The highest BCUT2D eigenvalue weighted by Crippen LogP contribution is 2.19. The highest BCUT2D eigenvalue weighted by atomic mass is 16.6. The largest absolute Gasteiger partial charge is 0.444 e. The second-order valence-corrected chi connectivity index (χ2v) is 11.4. The molecule has 3 amide bonds. The Morgan fingerprint density at radius 3 is 2.24 bits per heavy atom. The number of benzene rings is 1. The molecule has 3 aromatic rings. The van der Waals surface area contributed by atoms with Crippen molar-refractivity contribution in [3.8, 4) is 0 Å². The van der Waals surface area contributed by atoms with Gasteiger partial charge in [-0.05, 0) is 38.7 Å². The van der Waals surface area contributed by atoms with E-state index in [4.69, 9.17) is 4.74 Å². The molecule has 222 valence electrons. The van der Waals surface area contributed by atoms with Gasteiger partial charge in [-0.15, -0.1) is 0 Å². The molecule has 0 aliphatic heterocycles. The zero-order valence-electron chi connectivity index (χ0n) is 24.2. The summed E-state index contributed by atoms with van der Waals surface area (Å²) in [5.74, 6) is -0.596. The Kier molecular flexibility index (Phi) is 11.0. The number of nitrogens with one attached hydrogen (secondary N) is 5. The molecule has 0 aliphatic rings. The molecule has 6 N–H and O–H groups in total. The van der Waals surface area contributed by atoms with E-state index >= 15 is 0 Å². The van der Waals surface area contributed by atoms with Crippen LogP contribution in [-0.2, 0) is 27.2 Å². The molecule has 0 fully saturated rings. The first-order chi connectivity index (χ1) is 19.4. The summed E-state index contributed by atoms with van der Waals surface area (Å²) in [6.07, 6.45) is 5.13. The zero-order chi connectivity index (χ0) is 30.0. The number of nitrogens with zero attached hydrogens (tertiary/aromatic N) is 2. The van der Waals surface area contributed by atoms with Crippen LogP contribution in [0.3, 0.4) is 0 Å². The Bertz CT molecular complexity index is 1220. The van der Waals surface area contributed by atoms with Crippen LogP contribution in [-0.4, -0.2) is 66.7 Å². The van der Waals surface area contributed by atoms with Crippen LogP contribution in [0.15, 0.2) is 55.2 Å². The summed E-state index contributed by atoms with van der Waals surface area (Å²) in [4.78, 5) is 54.0. The number of ether oxygens (including phenoxy) is 1. The third-order valence-corrected chi connectivity index (χ3v) is 6.12. The second kappa shape index (κ2) is 14.4. The quantitative estimate of drug-likeness (QED) is 0.184. The van der Waals surface area contributed by atoms with Crippen LogP contribution >= 0.6 is 0 Å². The van der Waals surface area contributed by atoms with Crippen molar-refractivity contribution in [3.05, 3.63) is 72.3 Å². The molecule has 0 bridgehead atoms. The fourth-order valence-corrected chi connectivity index (χ4v) is 4.29. The van der Waals surface area contributed by atoms with E-state index < -0.39 is 47.7 Å². The van der Waals surface area contributed by atoms with Crippen molar-refractivity contribution in [1.82, 2.24) is 35.9 Å². The van der Waals surface area contributed by atoms with Gasteiger partial charge in [-0.2, -0.15) is 0 Å². The summed E-state index contributed by atoms with van der Waals surface area (Å²) in [5.41, 5.74) is 0.605. The third-order valence-electron chi connectivity index (χ3n) is 6.12. The van der Waals surface area contributed by atoms with Crippen LogP contribution in [0.1, 0.15) is 64.2 Å². The first-order valence-corrected chi connectivity index (χ1v) is 13.7. The van der Waals surface area contributed by atoms with Gasteiger partial charge in [0.2, 0.25) is 11.8 Å². The maximum atomic E-state index is 13.6. The Morgan fingerprint density at radius 2 is 1.66 bits per heavy atom. The van der Waals surface area contributed by atoms with Crippen molar-refractivity contribution in [2.24, 2.45) is 5.92 Å². The van der Waals surface area contributed by atoms with Crippen molar-refractivity contribution >= 4 is 17.9 Å². The van der Waals surface area contributed by atoms with E-state index in [1.165, 1.54) is 12.5 Å². The lowest BCUT2D eigenvalue weighted by atomic mass is 9.97. The summed E-state index contributed by atoms with van der Waals surface area (Å²) < 4.78 is 5.38. The Hall–Kier alpha value is -4.19. The minimum atomic E-state index is -1.09. The van der Waals surface area contributed by atoms with Gasteiger partial charge < -0.3 is 35.8 Å². The van der Waals surface area contributed by atoms with Gasteiger partial charge in [0.05, 0.1) is 18.1 Å². The van der Waals surface area contributed by atoms with Gasteiger partial charge in [-0.3, -0.25) is 9.59 Å². The van der Waals surface area contributed by atoms with Crippen molar-refractivity contribution in [1.29, 1.82) is 0 Å². The van der Waals surface area contributed by atoms with Gasteiger partial charge in [-0.1, -0.05) is 44.2 Å². The highest BCUT2D eigenvalue weighted by molar-refractivity contribution is 5.91. The predicted molar refractivity (Wildman–Crippen MR) is 152 cm³/mol. The van der Waals surface area contributed by atoms with Gasteiger partial charge >= 0.3 is 6.09 Å². The van der Waals surface area contributed by atoms with Crippen LogP contribution in [0.2, 0.25) is 0 Å². The maximum absolute atomic E-state index is 13.6. The van der Waals surface area contributed by atoms with E-state index in [1.807, 2.05) is 44.2 Å². The highest BCUT2D eigenvalue weighted by Gasteiger charge is 2.32. The van der Waals surface area contributed by atoms with Gasteiger partial charge in [0, 0.05) is 31.4 Å². The molecular weight excluding hydrogens is 526 g/mol. The van der Waals surface area contributed by atoms with Crippen molar-refractivity contribution in [2.45, 2.75) is 83.7 Å². The van der Waals surface area contributed by atoms with E-state index in [0.29, 0.717) is 17.9 Å². The summed E-state index contributed by atoms with van der Waals surface area (Å²) in [7, 11) is 0. The number of rotatable bonds is 13. The molecule has 1 unspecified atom stereocenters. The molecule has 2 aromatic heterocycles. The molecular formula is C29H41N7O5. The predicted octanol–water partition coefficient (Wildman–Crippen LogP) is 2.56. The molecule has 12 nitrogen and oxygen atoms in total. The molecule has 0 radical (unpaired) electrons. The smallest absolute Gasteiger partial charge is 0.408 e. The van der Waals surface area contributed by atoms with E-state index in [2.05, 4.69) is 35.9 Å². The van der Waals surface area contributed by atoms with Gasteiger partial charge in [0.25, 0.3) is 0 Å². The number of aromatic amines is 2. The van der Waals surface area contributed by atoms with Crippen LogP contribution < -0.4 is 16.0 Å². The number of hydrogen-bond acceptors (Lipinski definition) is 7. The first-order valence-electron chi connectivity index (χ1n) is 13.7. The summed E-state index contributed by atoms with van der Waals surface area (Å²) in [6.45, 7) is 9.15. The van der Waals surface area contributed by atoms with Crippen molar-refractivity contribution < 1.29 is 24.2 Å². The third kappa shape index (κ3) is 10.4. The summed E-state index contributed by atoms with van der Waals surface area (Å²) in [6, 6.07) is 6.47. The SMILES string of the molecule is CC(C)C[C@H](NC(=O)[C@H](Cc1c[nH]cn1)NC(=O)[C@H](Cc1ccccc1)NC(=O)OC(C)(C)C)C(O)c1ncc[nH]1. The minimum absolute atomic E-state index is 0.0802. The monoisotopic (exact) mass is 567 g/mol. The van der Waals surface area contributed by atoms with Crippen LogP contribution in [0.25, 0.3) is 0 Å². The Balaban J connectivity index is 1.82. The first kappa shape index (κ1) is 31.3. The van der Waals surface area contributed by atoms with Gasteiger partial charge in [0.15, 0.2) is 0 Å². The fraction of sp³-hybridized carbons (Fsp3) is 0.483. The summed E-state index contributed by atoms with van der Waals surface area (Å²) >= 11 is 0. The van der Waals surface area contributed by atoms with E-state index in [1.54, 1.807) is 33.2 Å². The molecule has 0 aliphatic carbocycles. The fourth-order valence-electron chi connectivity index (χ4n) is 4.29. The number of carbonyl (C=O) groups excluding carboxylic acids is 3. The number of aliphatic hydroxyl groups is 1. The molecule has 41 heavy (non-hydrogen) atoms. The number of alkyl carbamates (subject to hydrolysis) is 1. The molecule has 1 aromatic carbocycles. The number of hydrogen-bond donors (Lipinski definition) is 6. The molecule has 0 saturated heterocycles. The molecule has 2 heterocycles. The van der Waals surface area contributed by atoms with Crippen LogP contribution in [0, 0.1) is 5.92 Å². The molecule has 0 saturated carbocycles. The van der Waals surface area contributed by atoms with E-state index in [0.717, 1.165) is 5.56 Å². The molecule has 0 spiro atoms. The topological polar surface area (TPSA) is 174 Å². The van der Waals surface area contributed by atoms with Crippen LogP contribution in [0.4, 0.5) is 4.79 Å². The molecule has 4 atom stereocenters. The Labute approximate surface area is 240 Å². The van der Waals surface area contributed by atoms with Crippen LogP contribution in [0.5, 0.6) is 0 Å². The lowest BCUT2D eigenvalue weighted by molar-refractivity contribution is -0.131. The van der Waals surface area contributed by atoms with E-state index in [-0.39, 0.29) is 18.8 Å². The number of carbonyl (C=O) groups is 3. The maximum Gasteiger partial charge on any atom is 0.408 e. The van der Waals surface area contributed by atoms with Gasteiger partial charge in [-0.25, -0.2) is 14.8 Å². The molecule has 12 heteroatoms. The van der Waals surface area contributed by atoms with Gasteiger partial charge in [0.1, 0.15) is 29.6 Å². The molecule has 3 rings (SSSR count). The number of H-pyrrole nitrogens is 2. The standard InChI is InChI=1S/C29H41N7O5/c1-18(2)13-21(24(37)25-31-11-12-32-25)34-27(39)23(15-20-16-30-17-33-20)35-26(38)22(14-19-9-7-6-8-10-19)36-28(40)41-29(3,4)5/h6-12,16-18,21-24,37H,13-15H2,1-5H3,(H,30,33)(H,31,32)(H,34,39)(H,35,38)(H,36,40)/t21-,22-,23-,24?/m0/s1. The van der Waals surface area contributed by atoms with Crippen molar-refractivity contribution in [3.63, 3.8) is 0 Å². The number of imidazole rings is 2. The second-order valence-electron chi connectivity index (χ2n) is 11.4. The van der Waals surface area contributed by atoms with Crippen molar-refractivity contribution in [2.75, 3.05) is 0 Å². The lowest BCUT2D eigenvalue weighted by Crippen LogP contribution is -2.57. The number of amides is 3. The summed E-state index contributed by atoms with van der Waals surface area (Å²) in [5, 5.41) is 19.3. The number of aromatic nitrogens is 4. The zero-order valence-corrected chi connectivity index (χ0v) is 24.2. The minimum Gasteiger partial charge on any atom is -0.444 e. The average Bonchev–Trinajstić information content (AvgIpc) is 3.61. The normalized spacial score (nSPS) is 14.5. The van der Waals surface area contributed by atoms with E-state index in [9.17, 15) is 19.5 Å². The Morgan fingerprint density at radius 1 is 0.976 bits per heavy atom.